The van der Waals surface area contributed by atoms with Gasteiger partial charge in [0.15, 0.2) is 5.78 Å². The molecule has 0 aromatic heterocycles. The van der Waals surface area contributed by atoms with Crippen molar-refractivity contribution in [2.75, 3.05) is 17.3 Å². The molecule has 56 heavy (non-hydrogen) atoms. The zero-order valence-corrected chi connectivity index (χ0v) is 33.4. The molecule has 6 aromatic rings. The highest BCUT2D eigenvalue weighted by atomic mass is 32.1. The van der Waals surface area contributed by atoms with E-state index in [9.17, 15) is 4.79 Å². The summed E-state index contributed by atoms with van der Waals surface area (Å²) in [6.07, 6.45) is 0. The van der Waals surface area contributed by atoms with Crippen molar-refractivity contribution in [2.45, 2.75) is 23.7 Å². The van der Waals surface area contributed by atoms with Gasteiger partial charge in [0.2, 0.25) is 11.8 Å². The maximum Gasteiger partial charge on any atom is 0.247 e. The van der Waals surface area contributed by atoms with Gasteiger partial charge >= 0.3 is 0 Å². The SMILES string of the molecule is N[C@@H](CS)C(=O)N[C@@H](CS)C(=O)N([C@@H](CS)C(=O)c1ccc([C](c2ccccc2)c2ccccc2)cc1)C(c1ccccc1)(c1ccccc1)c1ccccc1. The fourth-order valence-corrected chi connectivity index (χ4v) is 7.95. The van der Waals surface area contributed by atoms with Gasteiger partial charge in [-0.15, -0.1) is 0 Å². The summed E-state index contributed by atoms with van der Waals surface area (Å²) in [6.45, 7) is 0. The van der Waals surface area contributed by atoms with Crippen LogP contribution in [0.4, 0.5) is 0 Å². The Labute approximate surface area is 345 Å². The molecule has 3 atom stereocenters. The van der Waals surface area contributed by atoms with E-state index in [0.717, 1.165) is 39.3 Å². The lowest BCUT2D eigenvalue weighted by Crippen LogP contribution is -2.64. The van der Waals surface area contributed by atoms with Crippen molar-refractivity contribution >= 4 is 55.5 Å². The molecule has 0 aliphatic carbocycles. The van der Waals surface area contributed by atoms with Crippen LogP contribution in [0.2, 0.25) is 0 Å². The number of Topliss-reactive ketones (excluding diaryl/α,β-unsaturated/α-hetero) is 1. The average molecular weight is 795 g/mol. The number of nitrogens with one attached hydrogen (secondary N) is 1. The van der Waals surface area contributed by atoms with E-state index in [4.69, 9.17) is 18.4 Å². The fourth-order valence-electron chi connectivity index (χ4n) is 7.21. The molecule has 0 saturated heterocycles. The molecule has 0 spiro atoms. The van der Waals surface area contributed by atoms with Crippen LogP contribution in [0.3, 0.4) is 0 Å². The van der Waals surface area contributed by atoms with Gasteiger partial charge in [0.1, 0.15) is 17.6 Å². The van der Waals surface area contributed by atoms with Crippen LogP contribution in [0.5, 0.6) is 0 Å². The number of nitrogens with zero attached hydrogens (tertiary/aromatic N) is 1. The molecule has 0 aliphatic heterocycles. The van der Waals surface area contributed by atoms with Crippen molar-refractivity contribution in [1.82, 2.24) is 10.2 Å². The van der Waals surface area contributed by atoms with Crippen LogP contribution in [-0.2, 0) is 15.1 Å². The van der Waals surface area contributed by atoms with E-state index < -0.39 is 35.5 Å². The molecule has 0 aliphatic rings. The van der Waals surface area contributed by atoms with E-state index in [2.05, 4.69) is 54.8 Å². The second kappa shape index (κ2) is 19.2. The Morgan fingerprint density at radius 1 is 0.518 bits per heavy atom. The summed E-state index contributed by atoms with van der Waals surface area (Å²) < 4.78 is 0. The van der Waals surface area contributed by atoms with Crippen molar-refractivity contribution in [2.24, 2.45) is 5.73 Å². The number of thiol groups is 3. The number of rotatable bonds is 16. The van der Waals surface area contributed by atoms with Gasteiger partial charge in [0, 0.05) is 22.8 Å². The Kier molecular flexibility index (Phi) is 13.9. The Morgan fingerprint density at radius 3 is 1.27 bits per heavy atom. The highest BCUT2D eigenvalue weighted by Crippen LogP contribution is 2.45. The molecule has 6 nitrogen and oxygen atoms in total. The Bertz CT molecular complexity index is 2040. The van der Waals surface area contributed by atoms with Gasteiger partial charge in [-0.3, -0.25) is 14.4 Å². The highest BCUT2D eigenvalue weighted by molar-refractivity contribution is 7.80. The zero-order chi connectivity index (χ0) is 39.5. The van der Waals surface area contributed by atoms with Crippen LogP contribution < -0.4 is 11.1 Å². The summed E-state index contributed by atoms with van der Waals surface area (Å²) in [7, 11) is 0. The minimum atomic E-state index is -1.37. The van der Waals surface area contributed by atoms with E-state index in [1.807, 2.05) is 140 Å². The summed E-state index contributed by atoms with van der Waals surface area (Å²) in [6, 6.07) is 53.4. The van der Waals surface area contributed by atoms with Crippen molar-refractivity contribution in [3.8, 4) is 0 Å². The third-order valence-electron chi connectivity index (χ3n) is 9.87. The van der Waals surface area contributed by atoms with E-state index in [1.165, 1.54) is 0 Å². The molecule has 6 rings (SSSR count). The smallest absolute Gasteiger partial charge is 0.247 e. The van der Waals surface area contributed by atoms with Gasteiger partial charge in [-0.2, -0.15) is 37.9 Å². The molecule has 0 fully saturated rings. The first-order valence-electron chi connectivity index (χ1n) is 18.4. The molecule has 1 radical (unpaired) electrons. The summed E-state index contributed by atoms with van der Waals surface area (Å²) in [4.78, 5) is 45.5. The molecule has 0 bridgehead atoms. The topological polar surface area (TPSA) is 92.5 Å². The first-order valence-corrected chi connectivity index (χ1v) is 20.3. The molecular weight excluding hydrogens is 751 g/mol. The van der Waals surface area contributed by atoms with Crippen LogP contribution in [0, 0.1) is 5.92 Å². The van der Waals surface area contributed by atoms with Crippen molar-refractivity contribution < 1.29 is 14.4 Å². The monoisotopic (exact) mass is 794 g/mol. The van der Waals surface area contributed by atoms with Gasteiger partial charge in [-0.1, -0.05) is 176 Å². The van der Waals surface area contributed by atoms with Gasteiger partial charge in [-0.05, 0) is 33.4 Å². The van der Waals surface area contributed by atoms with Crippen molar-refractivity contribution in [3.63, 3.8) is 0 Å². The maximum absolute atomic E-state index is 15.5. The third-order valence-corrected chi connectivity index (χ3v) is 11.0. The minimum absolute atomic E-state index is 0.0324. The number of carbonyl (C=O) groups excluding carboxylic acids is 3. The molecule has 0 heterocycles. The standard InChI is InChI=1S/C47H44N3O3S3/c48-40(30-54)45(52)49-41(31-55)46(53)50(47(37-20-10-3-11-21-37,38-22-12-4-13-23-38)39-24-14-5-15-25-39)42(32-56)44(51)36-28-26-35(27-29-36)43(33-16-6-1-7-17-33)34-18-8-2-9-19-34/h1-29,40-42,54-56H,30-32,48H2,(H,49,52)/t40-,41-,42-/m0/s1. The number of hydrogen-bond donors (Lipinski definition) is 5. The Morgan fingerprint density at radius 2 is 0.893 bits per heavy atom. The lowest BCUT2D eigenvalue weighted by Gasteiger charge is -2.49. The summed E-state index contributed by atoms with van der Waals surface area (Å²) >= 11 is 13.6. The molecule has 0 unspecified atom stereocenters. The quantitative estimate of drug-likeness (QED) is 0.0395. The van der Waals surface area contributed by atoms with E-state index in [0.29, 0.717) is 5.56 Å². The second-order valence-electron chi connectivity index (χ2n) is 13.3. The van der Waals surface area contributed by atoms with E-state index in [-0.39, 0.29) is 23.0 Å². The lowest BCUT2D eigenvalue weighted by molar-refractivity contribution is -0.141. The first-order chi connectivity index (χ1) is 27.3. The van der Waals surface area contributed by atoms with Crippen LogP contribution in [0.15, 0.2) is 176 Å². The Balaban J connectivity index is 1.54. The lowest BCUT2D eigenvalue weighted by atomic mass is 9.74. The molecule has 9 heteroatoms. The largest absolute Gasteiger partial charge is 0.342 e. The number of hydrogen-bond acceptors (Lipinski definition) is 7. The fraction of sp³-hybridized carbons (Fsp3) is 0.149. The van der Waals surface area contributed by atoms with Gasteiger partial charge in [0.25, 0.3) is 0 Å². The highest BCUT2D eigenvalue weighted by Gasteiger charge is 2.50. The number of amides is 2. The van der Waals surface area contributed by atoms with Crippen LogP contribution in [-0.4, -0.2) is 57.9 Å². The van der Waals surface area contributed by atoms with Gasteiger partial charge in [0.05, 0.1) is 12.0 Å². The molecule has 283 valence electrons. The normalized spacial score (nSPS) is 13.0. The van der Waals surface area contributed by atoms with E-state index >= 15 is 9.59 Å². The predicted molar refractivity (Wildman–Crippen MR) is 236 cm³/mol. The number of ketones is 1. The number of nitrogens with two attached hydrogens (primary N) is 1. The number of carbonyl (C=O) groups is 3. The maximum atomic E-state index is 15.5. The van der Waals surface area contributed by atoms with E-state index in [1.54, 1.807) is 17.0 Å². The Hall–Kier alpha value is -5.06. The summed E-state index contributed by atoms with van der Waals surface area (Å²) in [5.74, 6) is -0.384. The molecule has 2 amide bonds. The van der Waals surface area contributed by atoms with Crippen LogP contribution in [0.1, 0.15) is 43.7 Å². The summed E-state index contributed by atoms with van der Waals surface area (Å²) in [5, 5.41) is 2.81. The average Bonchev–Trinajstić information content (AvgIpc) is 3.27. The summed E-state index contributed by atoms with van der Waals surface area (Å²) in [5.41, 5.74) is 10.3. The van der Waals surface area contributed by atoms with Gasteiger partial charge < -0.3 is 16.0 Å². The first kappa shape index (κ1) is 40.6. The third kappa shape index (κ3) is 8.51. The van der Waals surface area contributed by atoms with Crippen LogP contribution in [0.25, 0.3) is 0 Å². The van der Waals surface area contributed by atoms with Crippen LogP contribution >= 0.6 is 37.9 Å². The second-order valence-corrected chi connectivity index (χ2v) is 14.4. The molecule has 6 aromatic carbocycles. The van der Waals surface area contributed by atoms with Crippen molar-refractivity contribution in [3.05, 3.63) is 221 Å². The molecular formula is C47H44N3O3S3. The number of benzene rings is 6. The van der Waals surface area contributed by atoms with Crippen molar-refractivity contribution in [1.29, 1.82) is 0 Å². The minimum Gasteiger partial charge on any atom is -0.342 e. The van der Waals surface area contributed by atoms with Gasteiger partial charge in [-0.25, -0.2) is 0 Å². The molecule has 3 N–H and O–H groups in total. The predicted octanol–water partition coefficient (Wildman–Crippen LogP) is 7.68. The molecule has 0 saturated carbocycles. The zero-order valence-electron chi connectivity index (χ0n) is 30.7.